The van der Waals surface area contributed by atoms with Crippen molar-refractivity contribution < 1.29 is 9.72 Å². The lowest BCUT2D eigenvalue weighted by Gasteiger charge is -2.04. The lowest BCUT2D eigenvalue weighted by Crippen LogP contribution is -2.10. The van der Waals surface area contributed by atoms with E-state index >= 15 is 0 Å². The first kappa shape index (κ1) is 18.2. The maximum atomic E-state index is 12.5. The fourth-order valence-electron chi connectivity index (χ4n) is 2.18. The SMILES string of the molecule is O=C(Nc1ccc(Cl)c([N+](=O)[O-])c1)c1sc2cc(Cl)cc(Cl)c2c1Cl. The Hall–Kier alpha value is -1.57. The number of anilines is 1. The third kappa shape index (κ3) is 3.54. The Morgan fingerprint density at radius 1 is 1.08 bits per heavy atom. The van der Waals surface area contributed by atoms with Crippen LogP contribution in [-0.4, -0.2) is 10.8 Å². The summed E-state index contributed by atoms with van der Waals surface area (Å²) in [4.78, 5) is 23.0. The quantitative estimate of drug-likeness (QED) is 0.368. The van der Waals surface area contributed by atoms with Gasteiger partial charge in [-0.15, -0.1) is 11.3 Å². The molecule has 1 aromatic heterocycles. The highest BCUT2D eigenvalue weighted by Crippen LogP contribution is 2.41. The summed E-state index contributed by atoms with van der Waals surface area (Å²) in [5.74, 6) is -0.519. The molecule has 3 aromatic rings. The van der Waals surface area contributed by atoms with Crippen LogP contribution in [0.15, 0.2) is 30.3 Å². The maximum Gasteiger partial charge on any atom is 0.289 e. The number of fused-ring (bicyclic) bond motifs is 1. The number of nitro groups is 1. The second kappa shape index (κ2) is 6.97. The lowest BCUT2D eigenvalue weighted by atomic mass is 10.2. The molecule has 0 fully saturated rings. The van der Waals surface area contributed by atoms with Crippen LogP contribution in [0.1, 0.15) is 9.67 Å². The molecular formula is C15H6Cl4N2O3S. The number of nitrogens with zero attached hydrogens (tertiary/aromatic N) is 1. The number of rotatable bonds is 3. The lowest BCUT2D eigenvalue weighted by molar-refractivity contribution is -0.384. The molecule has 10 heteroatoms. The minimum absolute atomic E-state index is 0.0238. The number of benzene rings is 2. The van der Waals surface area contributed by atoms with E-state index in [1.54, 1.807) is 6.07 Å². The van der Waals surface area contributed by atoms with Gasteiger partial charge in [-0.3, -0.25) is 14.9 Å². The molecule has 0 saturated heterocycles. The van der Waals surface area contributed by atoms with Gasteiger partial charge in [-0.25, -0.2) is 0 Å². The van der Waals surface area contributed by atoms with Crippen molar-refractivity contribution in [2.45, 2.75) is 0 Å². The fourth-order valence-corrected chi connectivity index (χ4v) is 4.64. The molecule has 0 aliphatic heterocycles. The standard InChI is InChI=1S/C15H6Cl4N2O3S/c16-6-3-9(18)12-11(4-6)25-14(13(12)19)15(22)20-7-1-2-8(17)10(5-7)21(23)24/h1-5H,(H,20,22). The number of nitro benzene ring substituents is 1. The largest absolute Gasteiger partial charge is 0.321 e. The van der Waals surface area contributed by atoms with Crippen molar-refractivity contribution >= 4 is 85.1 Å². The summed E-state index contributed by atoms with van der Waals surface area (Å²) >= 11 is 25.2. The average molecular weight is 436 g/mol. The molecule has 25 heavy (non-hydrogen) atoms. The predicted octanol–water partition coefficient (Wildman–Crippen LogP) is 6.68. The zero-order valence-corrected chi connectivity index (χ0v) is 15.8. The minimum Gasteiger partial charge on any atom is -0.321 e. The van der Waals surface area contributed by atoms with Crippen LogP contribution in [0.5, 0.6) is 0 Å². The topological polar surface area (TPSA) is 72.2 Å². The van der Waals surface area contributed by atoms with Gasteiger partial charge in [0.25, 0.3) is 11.6 Å². The van der Waals surface area contributed by atoms with Gasteiger partial charge in [-0.2, -0.15) is 0 Å². The number of amides is 1. The molecule has 0 unspecified atom stereocenters. The summed E-state index contributed by atoms with van der Waals surface area (Å²) in [7, 11) is 0. The number of thiophene rings is 1. The number of nitrogens with one attached hydrogen (secondary N) is 1. The Morgan fingerprint density at radius 3 is 2.48 bits per heavy atom. The molecule has 1 amide bonds. The number of hydrogen-bond acceptors (Lipinski definition) is 4. The van der Waals surface area contributed by atoms with Crippen LogP contribution in [0.2, 0.25) is 20.1 Å². The zero-order chi connectivity index (χ0) is 18.3. The first-order valence-corrected chi connectivity index (χ1v) is 8.93. The first-order valence-electron chi connectivity index (χ1n) is 6.60. The zero-order valence-electron chi connectivity index (χ0n) is 12.0. The van der Waals surface area contributed by atoms with Crippen LogP contribution in [0, 0.1) is 10.1 Å². The van der Waals surface area contributed by atoms with Gasteiger partial charge in [0.05, 0.1) is 15.0 Å². The Labute approximate surface area is 165 Å². The molecule has 0 atom stereocenters. The molecule has 2 aromatic carbocycles. The summed E-state index contributed by atoms with van der Waals surface area (Å²) in [5.41, 5.74) is -0.0875. The number of halogens is 4. The van der Waals surface area contributed by atoms with E-state index in [9.17, 15) is 14.9 Å². The van der Waals surface area contributed by atoms with Crippen LogP contribution in [0.4, 0.5) is 11.4 Å². The van der Waals surface area contributed by atoms with Gasteiger partial charge < -0.3 is 5.32 Å². The van der Waals surface area contributed by atoms with E-state index in [-0.39, 0.29) is 26.3 Å². The van der Waals surface area contributed by atoms with E-state index in [2.05, 4.69) is 5.32 Å². The maximum absolute atomic E-state index is 12.5. The van der Waals surface area contributed by atoms with Gasteiger partial charge in [-0.05, 0) is 24.3 Å². The molecule has 3 rings (SSSR count). The summed E-state index contributed by atoms with van der Waals surface area (Å²) in [6.07, 6.45) is 0. The molecule has 1 heterocycles. The van der Waals surface area contributed by atoms with E-state index in [4.69, 9.17) is 46.4 Å². The second-order valence-electron chi connectivity index (χ2n) is 4.88. The Kier molecular flexibility index (Phi) is 5.09. The molecular weight excluding hydrogens is 430 g/mol. The van der Waals surface area contributed by atoms with Crippen molar-refractivity contribution in [1.29, 1.82) is 0 Å². The second-order valence-corrected chi connectivity index (χ2v) is 7.56. The highest BCUT2D eigenvalue weighted by molar-refractivity contribution is 7.21. The highest BCUT2D eigenvalue weighted by atomic mass is 35.5. The Morgan fingerprint density at radius 2 is 1.80 bits per heavy atom. The molecule has 0 saturated carbocycles. The van der Waals surface area contributed by atoms with Gasteiger partial charge in [0, 0.05) is 26.9 Å². The Bertz CT molecular complexity index is 1040. The predicted molar refractivity (Wildman–Crippen MR) is 103 cm³/mol. The summed E-state index contributed by atoms with van der Waals surface area (Å²) < 4.78 is 0.662. The normalized spacial score (nSPS) is 10.9. The van der Waals surface area contributed by atoms with E-state index in [1.165, 1.54) is 24.3 Å². The summed E-state index contributed by atoms with van der Waals surface area (Å²) in [6, 6.07) is 7.15. The monoisotopic (exact) mass is 434 g/mol. The van der Waals surface area contributed by atoms with E-state index < -0.39 is 10.8 Å². The molecule has 128 valence electrons. The van der Waals surface area contributed by atoms with Crippen LogP contribution < -0.4 is 5.32 Å². The van der Waals surface area contributed by atoms with E-state index in [1.807, 2.05) is 0 Å². The van der Waals surface area contributed by atoms with Crippen molar-refractivity contribution in [3.8, 4) is 0 Å². The minimum atomic E-state index is -0.633. The number of carbonyl (C=O) groups is 1. The van der Waals surface area contributed by atoms with Gasteiger partial charge in [0.2, 0.25) is 0 Å². The van der Waals surface area contributed by atoms with Gasteiger partial charge in [-0.1, -0.05) is 46.4 Å². The van der Waals surface area contributed by atoms with E-state index in [0.717, 1.165) is 11.3 Å². The molecule has 0 aliphatic carbocycles. The van der Waals surface area contributed by atoms with Gasteiger partial charge in [0.15, 0.2) is 0 Å². The van der Waals surface area contributed by atoms with Crippen molar-refractivity contribution in [1.82, 2.24) is 0 Å². The van der Waals surface area contributed by atoms with Gasteiger partial charge >= 0.3 is 0 Å². The van der Waals surface area contributed by atoms with Crippen molar-refractivity contribution in [3.63, 3.8) is 0 Å². The van der Waals surface area contributed by atoms with Crippen LogP contribution in [-0.2, 0) is 0 Å². The fraction of sp³-hybridized carbons (Fsp3) is 0. The van der Waals surface area contributed by atoms with Crippen molar-refractivity contribution in [3.05, 3.63) is 65.4 Å². The Balaban J connectivity index is 1.98. The first-order chi connectivity index (χ1) is 11.8. The third-order valence-corrected chi connectivity index (χ3v) is 5.72. The van der Waals surface area contributed by atoms with Crippen LogP contribution in [0.25, 0.3) is 10.1 Å². The highest BCUT2D eigenvalue weighted by Gasteiger charge is 2.21. The summed E-state index contributed by atoms with van der Waals surface area (Å²) in [6.45, 7) is 0. The molecule has 1 N–H and O–H groups in total. The van der Waals surface area contributed by atoms with Gasteiger partial charge in [0.1, 0.15) is 9.90 Å². The van der Waals surface area contributed by atoms with Crippen LogP contribution >= 0.6 is 57.7 Å². The molecule has 0 aliphatic rings. The number of carbonyl (C=O) groups excluding carboxylic acids is 1. The summed E-state index contributed by atoms with van der Waals surface area (Å²) in [5, 5.41) is 15.0. The van der Waals surface area contributed by atoms with Crippen molar-refractivity contribution in [2.75, 3.05) is 5.32 Å². The van der Waals surface area contributed by atoms with Crippen LogP contribution in [0.3, 0.4) is 0 Å². The molecule has 5 nitrogen and oxygen atoms in total. The average Bonchev–Trinajstić information content (AvgIpc) is 2.85. The molecule has 0 bridgehead atoms. The third-order valence-electron chi connectivity index (χ3n) is 3.26. The number of hydrogen-bond donors (Lipinski definition) is 1. The van der Waals surface area contributed by atoms with E-state index in [0.29, 0.717) is 20.1 Å². The molecule has 0 radical (unpaired) electrons. The van der Waals surface area contributed by atoms with Crippen molar-refractivity contribution in [2.24, 2.45) is 0 Å². The smallest absolute Gasteiger partial charge is 0.289 e. The molecule has 0 spiro atoms.